The highest BCUT2D eigenvalue weighted by molar-refractivity contribution is 5.96. The number of hydrogen-bond donors (Lipinski definition) is 0. The van der Waals surface area contributed by atoms with Gasteiger partial charge in [-0.2, -0.15) is 0 Å². The SMILES string of the molecule is CCOC(=O)C1=C(C)N(Cc2cccc(C(=O)N3CCCC3)c2)C(=O)CC1c1ccc(C)cc1. The van der Waals surface area contributed by atoms with Gasteiger partial charge < -0.3 is 14.5 Å². The Morgan fingerprint density at radius 1 is 1.03 bits per heavy atom. The molecule has 34 heavy (non-hydrogen) atoms. The number of amides is 2. The van der Waals surface area contributed by atoms with Crippen molar-refractivity contribution < 1.29 is 19.1 Å². The normalized spacial score (nSPS) is 18.4. The number of carbonyl (C=O) groups is 3. The number of hydrogen-bond acceptors (Lipinski definition) is 4. The average Bonchev–Trinajstić information content (AvgIpc) is 3.37. The van der Waals surface area contributed by atoms with E-state index in [0.717, 1.165) is 42.6 Å². The zero-order chi connectivity index (χ0) is 24.2. The summed E-state index contributed by atoms with van der Waals surface area (Å²) >= 11 is 0. The van der Waals surface area contributed by atoms with Crippen molar-refractivity contribution in [3.05, 3.63) is 82.1 Å². The van der Waals surface area contributed by atoms with Crippen LogP contribution in [0.2, 0.25) is 0 Å². The molecule has 2 amide bonds. The van der Waals surface area contributed by atoms with Gasteiger partial charge in [-0.1, -0.05) is 42.0 Å². The van der Waals surface area contributed by atoms with Crippen molar-refractivity contribution in [1.82, 2.24) is 9.80 Å². The van der Waals surface area contributed by atoms with E-state index in [1.54, 1.807) is 11.8 Å². The van der Waals surface area contributed by atoms with Crippen LogP contribution in [0.15, 0.2) is 59.8 Å². The van der Waals surface area contributed by atoms with Crippen LogP contribution in [0, 0.1) is 6.92 Å². The summed E-state index contributed by atoms with van der Waals surface area (Å²) in [5.41, 5.74) is 4.67. The van der Waals surface area contributed by atoms with Gasteiger partial charge in [0.05, 0.1) is 18.7 Å². The topological polar surface area (TPSA) is 66.9 Å². The molecule has 0 aliphatic carbocycles. The zero-order valence-corrected chi connectivity index (χ0v) is 20.2. The fourth-order valence-electron chi connectivity index (χ4n) is 4.85. The maximum atomic E-state index is 13.3. The Bertz CT molecular complexity index is 1110. The van der Waals surface area contributed by atoms with Crippen molar-refractivity contribution in [2.75, 3.05) is 19.7 Å². The molecule has 6 nitrogen and oxygen atoms in total. The number of nitrogens with zero attached hydrogens (tertiary/aromatic N) is 2. The molecule has 2 aromatic rings. The standard InChI is InChI=1S/C28H32N2O4/c1-4-34-28(33)26-20(3)30(25(31)17-24(26)22-12-10-19(2)11-13-22)18-21-8-7-9-23(16-21)27(32)29-14-5-6-15-29/h7-13,16,24H,4-6,14-15,17-18H2,1-3H3. The van der Waals surface area contributed by atoms with E-state index in [4.69, 9.17) is 4.74 Å². The van der Waals surface area contributed by atoms with E-state index in [1.807, 2.05) is 67.3 Å². The lowest BCUT2D eigenvalue weighted by atomic mass is 9.83. The molecule has 1 unspecified atom stereocenters. The minimum atomic E-state index is -0.388. The first kappa shape index (κ1) is 23.7. The summed E-state index contributed by atoms with van der Waals surface area (Å²) in [6.07, 6.45) is 2.27. The van der Waals surface area contributed by atoms with Gasteiger partial charge in [-0.05, 0) is 56.9 Å². The second-order valence-corrected chi connectivity index (χ2v) is 9.07. The van der Waals surface area contributed by atoms with Crippen molar-refractivity contribution in [2.45, 2.75) is 52.5 Å². The van der Waals surface area contributed by atoms with Crippen LogP contribution in [-0.2, 0) is 20.9 Å². The van der Waals surface area contributed by atoms with Gasteiger partial charge in [-0.25, -0.2) is 4.79 Å². The highest BCUT2D eigenvalue weighted by Gasteiger charge is 2.37. The van der Waals surface area contributed by atoms with Crippen molar-refractivity contribution in [1.29, 1.82) is 0 Å². The zero-order valence-electron chi connectivity index (χ0n) is 20.2. The minimum absolute atomic E-state index is 0.0308. The molecular formula is C28H32N2O4. The molecule has 0 spiro atoms. The van der Waals surface area contributed by atoms with E-state index in [2.05, 4.69) is 0 Å². The first-order chi connectivity index (χ1) is 16.4. The predicted octanol–water partition coefficient (Wildman–Crippen LogP) is 4.58. The number of aryl methyl sites for hydroxylation is 1. The third-order valence-corrected chi connectivity index (χ3v) is 6.71. The smallest absolute Gasteiger partial charge is 0.336 e. The van der Waals surface area contributed by atoms with Gasteiger partial charge >= 0.3 is 5.97 Å². The molecule has 2 aliphatic heterocycles. The lowest BCUT2D eigenvalue weighted by Crippen LogP contribution is -2.38. The van der Waals surface area contributed by atoms with Crippen LogP contribution < -0.4 is 0 Å². The Morgan fingerprint density at radius 2 is 1.74 bits per heavy atom. The number of allylic oxidation sites excluding steroid dienone is 1. The Morgan fingerprint density at radius 3 is 2.41 bits per heavy atom. The van der Waals surface area contributed by atoms with Crippen molar-refractivity contribution in [2.24, 2.45) is 0 Å². The van der Waals surface area contributed by atoms with Crippen molar-refractivity contribution in [3.63, 3.8) is 0 Å². The number of rotatable bonds is 6. The molecule has 4 rings (SSSR count). The molecule has 2 aliphatic rings. The first-order valence-electron chi connectivity index (χ1n) is 12.0. The molecule has 6 heteroatoms. The predicted molar refractivity (Wildman–Crippen MR) is 130 cm³/mol. The third-order valence-electron chi connectivity index (χ3n) is 6.71. The number of ether oxygens (including phenoxy) is 1. The van der Waals surface area contributed by atoms with Crippen molar-refractivity contribution in [3.8, 4) is 0 Å². The van der Waals surface area contributed by atoms with Gasteiger partial charge in [0.25, 0.3) is 5.91 Å². The molecule has 1 saturated heterocycles. The van der Waals surface area contributed by atoms with Crippen LogP contribution in [0.5, 0.6) is 0 Å². The lowest BCUT2D eigenvalue weighted by Gasteiger charge is -2.34. The fourth-order valence-corrected chi connectivity index (χ4v) is 4.85. The molecule has 0 radical (unpaired) electrons. The molecule has 0 aromatic heterocycles. The Labute approximate surface area is 201 Å². The monoisotopic (exact) mass is 460 g/mol. The molecular weight excluding hydrogens is 428 g/mol. The summed E-state index contributed by atoms with van der Waals surface area (Å²) in [5, 5.41) is 0. The Balaban J connectivity index is 1.64. The molecule has 178 valence electrons. The average molecular weight is 461 g/mol. The van der Waals surface area contributed by atoms with Gasteiger partial charge in [0.2, 0.25) is 5.91 Å². The van der Waals surface area contributed by atoms with Gasteiger partial charge in [-0.3, -0.25) is 9.59 Å². The van der Waals surface area contributed by atoms with Gasteiger partial charge in [0, 0.05) is 36.7 Å². The second kappa shape index (κ2) is 10.2. The molecule has 0 N–H and O–H groups in total. The van der Waals surface area contributed by atoms with Crippen molar-refractivity contribution >= 4 is 17.8 Å². The van der Waals surface area contributed by atoms with E-state index >= 15 is 0 Å². The molecule has 1 fully saturated rings. The highest BCUT2D eigenvalue weighted by atomic mass is 16.5. The Hall–Kier alpha value is -3.41. The number of likely N-dealkylation sites (tertiary alicyclic amines) is 1. The molecule has 2 heterocycles. The second-order valence-electron chi connectivity index (χ2n) is 9.07. The van der Waals surface area contributed by atoms with Crippen LogP contribution in [0.25, 0.3) is 0 Å². The number of esters is 1. The van der Waals surface area contributed by atoms with E-state index in [0.29, 0.717) is 23.4 Å². The summed E-state index contributed by atoms with van der Waals surface area (Å²) in [7, 11) is 0. The maximum Gasteiger partial charge on any atom is 0.336 e. The lowest BCUT2D eigenvalue weighted by molar-refractivity contribution is -0.140. The highest BCUT2D eigenvalue weighted by Crippen LogP contribution is 2.37. The van der Waals surface area contributed by atoms with E-state index in [-0.39, 0.29) is 36.7 Å². The molecule has 0 saturated carbocycles. The van der Waals surface area contributed by atoms with E-state index in [9.17, 15) is 14.4 Å². The van der Waals surface area contributed by atoms with Crippen LogP contribution in [0.4, 0.5) is 0 Å². The summed E-state index contributed by atoms with van der Waals surface area (Å²) in [4.78, 5) is 42.6. The van der Waals surface area contributed by atoms with Gasteiger partial charge in [-0.15, -0.1) is 0 Å². The van der Waals surface area contributed by atoms with Gasteiger partial charge in [0.1, 0.15) is 0 Å². The van der Waals surface area contributed by atoms with Crippen LogP contribution >= 0.6 is 0 Å². The van der Waals surface area contributed by atoms with E-state index < -0.39 is 0 Å². The van der Waals surface area contributed by atoms with Crippen LogP contribution in [0.3, 0.4) is 0 Å². The summed E-state index contributed by atoms with van der Waals surface area (Å²) in [5.74, 6) is -0.747. The number of carbonyl (C=O) groups excluding carboxylic acids is 3. The molecule has 2 aromatic carbocycles. The summed E-state index contributed by atoms with van der Waals surface area (Å²) in [6, 6.07) is 15.4. The Kier molecular flexibility index (Phi) is 7.15. The quantitative estimate of drug-likeness (QED) is 0.592. The fraction of sp³-hybridized carbons (Fsp3) is 0.393. The number of benzene rings is 2. The van der Waals surface area contributed by atoms with Crippen LogP contribution in [-0.4, -0.2) is 47.3 Å². The van der Waals surface area contributed by atoms with Crippen LogP contribution in [0.1, 0.15) is 66.1 Å². The molecule has 1 atom stereocenters. The maximum absolute atomic E-state index is 13.3. The van der Waals surface area contributed by atoms with E-state index in [1.165, 1.54) is 0 Å². The largest absolute Gasteiger partial charge is 0.463 e. The van der Waals surface area contributed by atoms with Gasteiger partial charge in [0.15, 0.2) is 0 Å². The molecule has 0 bridgehead atoms. The third kappa shape index (κ3) is 4.91. The summed E-state index contributed by atoms with van der Waals surface area (Å²) in [6.45, 7) is 7.75. The first-order valence-corrected chi connectivity index (χ1v) is 12.0. The summed E-state index contributed by atoms with van der Waals surface area (Å²) < 4.78 is 5.38. The minimum Gasteiger partial charge on any atom is -0.463 e.